The first-order valence-electron chi connectivity index (χ1n) is 6.24. The van der Waals surface area contributed by atoms with Crippen molar-refractivity contribution in [3.8, 4) is 0 Å². The molecule has 1 aromatic rings. The molecule has 0 amide bonds. The Labute approximate surface area is 113 Å². The number of benzene rings is 1. The second-order valence-corrected chi connectivity index (χ2v) is 5.17. The Kier molecular flexibility index (Phi) is 4.61. The largest absolute Gasteiger partial charge is 0.381 e. The van der Waals surface area contributed by atoms with Gasteiger partial charge < -0.3 is 9.64 Å². The van der Waals surface area contributed by atoms with Crippen LogP contribution < -0.4 is 4.90 Å². The van der Waals surface area contributed by atoms with Gasteiger partial charge in [0.05, 0.1) is 10.7 Å². The van der Waals surface area contributed by atoms with Gasteiger partial charge in [-0.3, -0.25) is 4.79 Å². The lowest BCUT2D eigenvalue weighted by molar-refractivity contribution is 0.0685. The average molecular weight is 268 g/mol. The van der Waals surface area contributed by atoms with E-state index in [2.05, 4.69) is 4.90 Å². The third kappa shape index (κ3) is 3.24. The van der Waals surface area contributed by atoms with Crippen molar-refractivity contribution in [2.24, 2.45) is 5.92 Å². The number of aldehydes is 1. The maximum Gasteiger partial charge on any atom is 0.150 e. The van der Waals surface area contributed by atoms with Gasteiger partial charge in [-0.05, 0) is 37.0 Å². The summed E-state index contributed by atoms with van der Waals surface area (Å²) in [5.41, 5.74) is 1.59. The van der Waals surface area contributed by atoms with Gasteiger partial charge in [0, 0.05) is 32.4 Å². The third-order valence-electron chi connectivity index (χ3n) is 3.39. The topological polar surface area (TPSA) is 29.5 Å². The lowest BCUT2D eigenvalue weighted by Gasteiger charge is -2.29. The molecule has 18 heavy (non-hydrogen) atoms. The first-order valence-corrected chi connectivity index (χ1v) is 6.62. The van der Waals surface area contributed by atoms with Crippen LogP contribution in [0.3, 0.4) is 0 Å². The Morgan fingerprint density at radius 2 is 2.17 bits per heavy atom. The van der Waals surface area contributed by atoms with E-state index in [1.54, 1.807) is 12.1 Å². The van der Waals surface area contributed by atoms with Gasteiger partial charge in [0.25, 0.3) is 0 Å². The van der Waals surface area contributed by atoms with E-state index in [9.17, 15) is 4.79 Å². The van der Waals surface area contributed by atoms with Crippen molar-refractivity contribution in [1.82, 2.24) is 0 Å². The fraction of sp³-hybridized carbons (Fsp3) is 0.500. The SMILES string of the molecule is CN(CC1CCOCC1)c1ccc(C=O)cc1Cl. The molecule has 0 saturated carbocycles. The highest BCUT2D eigenvalue weighted by Crippen LogP contribution is 2.27. The molecule has 0 unspecified atom stereocenters. The Morgan fingerprint density at radius 1 is 1.44 bits per heavy atom. The zero-order valence-corrected chi connectivity index (χ0v) is 11.3. The molecule has 1 aliphatic heterocycles. The van der Waals surface area contributed by atoms with Crippen molar-refractivity contribution in [2.75, 3.05) is 31.7 Å². The van der Waals surface area contributed by atoms with E-state index in [0.29, 0.717) is 16.5 Å². The second-order valence-electron chi connectivity index (χ2n) is 4.76. The minimum absolute atomic E-state index is 0.614. The molecule has 2 rings (SSSR count). The number of anilines is 1. The average Bonchev–Trinajstić information content (AvgIpc) is 2.39. The predicted octanol–water partition coefficient (Wildman–Crippen LogP) is 3.02. The first-order chi connectivity index (χ1) is 8.70. The Morgan fingerprint density at radius 3 is 2.78 bits per heavy atom. The normalized spacial score (nSPS) is 16.6. The highest BCUT2D eigenvalue weighted by Gasteiger charge is 2.17. The second kappa shape index (κ2) is 6.21. The molecule has 0 N–H and O–H groups in total. The molecule has 0 bridgehead atoms. The molecule has 0 atom stereocenters. The predicted molar refractivity (Wildman–Crippen MR) is 73.7 cm³/mol. The minimum atomic E-state index is 0.614. The number of carbonyl (C=O) groups is 1. The van der Waals surface area contributed by atoms with Crippen LogP contribution in [0.2, 0.25) is 5.02 Å². The Hall–Kier alpha value is -1.06. The summed E-state index contributed by atoms with van der Waals surface area (Å²) in [6.07, 6.45) is 3.02. The highest BCUT2D eigenvalue weighted by molar-refractivity contribution is 6.33. The Balaban J connectivity index is 2.03. The minimum Gasteiger partial charge on any atom is -0.381 e. The first kappa shape index (κ1) is 13.4. The van der Waals surface area contributed by atoms with Gasteiger partial charge >= 0.3 is 0 Å². The summed E-state index contributed by atoms with van der Waals surface area (Å²) in [7, 11) is 2.04. The molecule has 0 radical (unpaired) electrons. The summed E-state index contributed by atoms with van der Waals surface area (Å²) in [5.74, 6) is 0.658. The van der Waals surface area contributed by atoms with Gasteiger partial charge in [-0.1, -0.05) is 11.6 Å². The van der Waals surface area contributed by atoms with Crippen LogP contribution in [0, 0.1) is 5.92 Å². The van der Waals surface area contributed by atoms with Crippen molar-refractivity contribution < 1.29 is 9.53 Å². The van der Waals surface area contributed by atoms with Crippen LogP contribution in [0.1, 0.15) is 23.2 Å². The summed E-state index contributed by atoms with van der Waals surface area (Å²) in [5, 5.41) is 0.633. The van der Waals surface area contributed by atoms with E-state index in [1.807, 2.05) is 13.1 Å². The fourth-order valence-electron chi connectivity index (χ4n) is 2.32. The molecule has 1 heterocycles. The molecule has 0 spiro atoms. The van der Waals surface area contributed by atoms with Gasteiger partial charge in [0.2, 0.25) is 0 Å². The van der Waals surface area contributed by atoms with Crippen LogP contribution in [0.4, 0.5) is 5.69 Å². The molecule has 98 valence electrons. The van der Waals surface area contributed by atoms with E-state index < -0.39 is 0 Å². The summed E-state index contributed by atoms with van der Waals surface area (Å²) < 4.78 is 5.36. The van der Waals surface area contributed by atoms with Crippen LogP contribution in [-0.2, 0) is 4.74 Å². The quantitative estimate of drug-likeness (QED) is 0.786. The van der Waals surface area contributed by atoms with Crippen LogP contribution in [0.25, 0.3) is 0 Å². The van der Waals surface area contributed by atoms with Crippen molar-refractivity contribution in [3.05, 3.63) is 28.8 Å². The lowest BCUT2D eigenvalue weighted by Crippen LogP contribution is -2.29. The molecule has 0 aromatic heterocycles. The number of halogens is 1. The molecule has 4 heteroatoms. The third-order valence-corrected chi connectivity index (χ3v) is 3.69. The summed E-state index contributed by atoms with van der Waals surface area (Å²) in [4.78, 5) is 12.8. The molecule has 1 fully saturated rings. The van der Waals surface area contributed by atoms with Gasteiger partial charge in [-0.25, -0.2) is 0 Å². The lowest BCUT2D eigenvalue weighted by atomic mass is 9.99. The zero-order chi connectivity index (χ0) is 13.0. The Bertz CT molecular complexity index is 416. The van der Waals surface area contributed by atoms with Crippen LogP contribution in [0.15, 0.2) is 18.2 Å². The molecule has 3 nitrogen and oxygen atoms in total. The molecule has 0 aliphatic carbocycles. The van der Waals surface area contributed by atoms with Crippen molar-refractivity contribution in [3.63, 3.8) is 0 Å². The number of rotatable bonds is 4. The molecule has 1 aliphatic rings. The number of ether oxygens (including phenoxy) is 1. The van der Waals surface area contributed by atoms with Gasteiger partial charge in [-0.15, -0.1) is 0 Å². The van der Waals surface area contributed by atoms with E-state index in [-0.39, 0.29) is 0 Å². The van der Waals surface area contributed by atoms with Crippen LogP contribution in [-0.4, -0.2) is 33.1 Å². The maximum atomic E-state index is 10.7. The van der Waals surface area contributed by atoms with Crippen LogP contribution in [0.5, 0.6) is 0 Å². The van der Waals surface area contributed by atoms with Crippen molar-refractivity contribution in [2.45, 2.75) is 12.8 Å². The van der Waals surface area contributed by atoms with E-state index in [0.717, 1.165) is 44.6 Å². The number of hydrogen-bond acceptors (Lipinski definition) is 3. The summed E-state index contributed by atoms with van der Waals surface area (Å²) in [6.45, 7) is 2.69. The fourth-order valence-corrected chi connectivity index (χ4v) is 2.65. The molecule has 1 saturated heterocycles. The van der Waals surface area contributed by atoms with E-state index >= 15 is 0 Å². The van der Waals surface area contributed by atoms with E-state index in [1.165, 1.54) is 0 Å². The monoisotopic (exact) mass is 267 g/mol. The van der Waals surface area contributed by atoms with Gasteiger partial charge in [0.1, 0.15) is 6.29 Å². The summed E-state index contributed by atoms with van der Waals surface area (Å²) >= 11 is 6.20. The number of hydrogen-bond donors (Lipinski definition) is 0. The smallest absolute Gasteiger partial charge is 0.150 e. The van der Waals surface area contributed by atoms with Gasteiger partial charge in [-0.2, -0.15) is 0 Å². The highest BCUT2D eigenvalue weighted by atomic mass is 35.5. The number of carbonyl (C=O) groups excluding carboxylic acids is 1. The zero-order valence-electron chi connectivity index (χ0n) is 10.6. The van der Waals surface area contributed by atoms with Crippen molar-refractivity contribution >= 4 is 23.6 Å². The number of nitrogens with zero attached hydrogens (tertiary/aromatic N) is 1. The molecular formula is C14H18ClNO2. The maximum absolute atomic E-state index is 10.7. The van der Waals surface area contributed by atoms with Gasteiger partial charge in [0.15, 0.2) is 0 Å². The summed E-state index contributed by atoms with van der Waals surface area (Å²) in [6, 6.07) is 5.42. The molecule has 1 aromatic carbocycles. The van der Waals surface area contributed by atoms with Crippen molar-refractivity contribution in [1.29, 1.82) is 0 Å². The molecular weight excluding hydrogens is 250 g/mol. The van der Waals surface area contributed by atoms with E-state index in [4.69, 9.17) is 16.3 Å². The standard InChI is InChI=1S/C14H18ClNO2/c1-16(9-11-4-6-18-7-5-11)14-3-2-12(10-17)8-13(14)15/h2-3,8,10-11H,4-7,9H2,1H3. The van der Waals surface area contributed by atoms with Crippen LogP contribution >= 0.6 is 11.6 Å².